The van der Waals surface area contributed by atoms with E-state index in [0.29, 0.717) is 6.61 Å². The minimum Gasteiger partial charge on any atom is -0.390 e. The topological polar surface area (TPSA) is 29.5 Å². The molecular formula is C10H22O2. The van der Waals surface area contributed by atoms with Crippen LogP contribution in [0.1, 0.15) is 41.0 Å². The summed E-state index contributed by atoms with van der Waals surface area (Å²) in [4.78, 5) is 0. The van der Waals surface area contributed by atoms with Crippen LogP contribution in [0.4, 0.5) is 0 Å². The minimum absolute atomic E-state index is 0.0759. The van der Waals surface area contributed by atoms with E-state index in [1.807, 2.05) is 27.7 Å². The van der Waals surface area contributed by atoms with Crippen LogP contribution in [0.5, 0.6) is 0 Å². The average molecular weight is 174 g/mol. The Hall–Kier alpha value is -0.0800. The van der Waals surface area contributed by atoms with Crippen LogP contribution in [0.15, 0.2) is 0 Å². The lowest BCUT2D eigenvalue weighted by atomic mass is 9.90. The van der Waals surface area contributed by atoms with Gasteiger partial charge in [-0.25, -0.2) is 0 Å². The Labute approximate surface area is 75.9 Å². The maximum atomic E-state index is 9.61. The smallest absolute Gasteiger partial charge is 0.0821 e. The van der Waals surface area contributed by atoms with E-state index in [4.69, 9.17) is 4.74 Å². The van der Waals surface area contributed by atoms with Gasteiger partial charge in [-0.05, 0) is 18.8 Å². The van der Waals surface area contributed by atoms with Crippen LogP contribution in [0, 0.1) is 5.41 Å². The Morgan fingerprint density at radius 2 is 1.83 bits per heavy atom. The summed E-state index contributed by atoms with van der Waals surface area (Å²) >= 11 is 0. The van der Waals surface area contributed by atoms with Gasteiger partial charge in [-0.2, -0.15) is 0 Å². The maximum Gasteiger partial charge on any atom is 0.0821 e. The first kappa shape index (κ1) is 11.9. The van der Waals surface area contributed by atoms with Crippen LogP contribution in [0.3, 0.4) is 0 Å². The summed E-state index contributed by atoms with van der Waals surface area (Å²) in [5, 5.41) is 9.61. The second-order valence-electron chi connectivity index (χ2n) is 4.43. The lowest BCUT2D eigenvalue weighted by molar-refractivity contribution is -0.0454. The third-order valence-corrected chi connectivity index (χ3v) is 2.11. The van der Waals surface area contributed by atoms with E-state index in [2.05, 4.69) is 6.92 Å². The molecule has 74 valence electrons. The molecule has 0 aliphatic rings. The molecule has 2 heteroatoms. The van der Waals surface area contributed by atoms with Crippen molar-refractivity contribution in [1.29, 1.82) is 0 Å². The van der Waals surface area contributed by atoms with Gasteiger partial charge in [-0.1, -0.05) is 27.7 Å². The third kappa shape index (κ3) is 4.73. The first-order valence-electron chi connectivity index (χ1n) is 4.67. The largest absolute Gasteiger partial charge is 0.390 e. The van der Waals surface area contributed by atoms with Gasteiger partial charge in [0.25, 0.3) is 0 Å². The summed E-state index contributed by atoms with van der Waals surface area (Å²) in [5.74, 6) is 0. The fourth-order valence-electron chi connectivity index (χ4n) is 0.623. The number of ether oxygens (including phenoxy) is 1. The van der Waals surface area contributed by atoms with Gasteiger partial charge in [0, 0.05) is 0 Å². The molecule has 2 unspecified atom stereocenters. The van der Waals surface area contributed by atoms with Gasteiger partial charge < -0.3 is 9.84 Å². The van der Waals surface area contributed by atoms with Crippen LogP contribution in [-0.2, 0) is 4.74 Å². The summed E-state index contributed by atoms with van der Waals surface area (Å²) in [6.45, 7) is 10.6. The number of hydrogen-bond donors (Lipinski definition) is 1. The van der Waals surface area contributed by atoms with Crippen LogP contribution in [0.25, 0.3) is 0 Å². The van der Waals surface area contributed by atoms with Crippen LogP contribution in [0.2, 0.25) is 0 Å². The van der Waals surface area contributed by atoms with E-state index in [9.17, 15) is 5.11 Å². The molecule has 0 fully saturated rings. The molecule has 2 nitrogen and oxygen atoms in total. The normalized spacial score (nSPS) is 17.5. The molecule has 0 saturated heterocycles. The highest BCUT2D eigenvalue weighted by Crippen LogP contribution is 2.19. The van der Waals surface area contributed by atoms with E-state index in [0.717, 1.165) is 6.42 Å². The van der Waals surface area contributed by atoms with Crippen LogP contribution >= 0.6 is 0 Å². The highest BCUT2D eigenvalue weighted by molar-refractivity contribution is 4.72. The van der Waals surface area contributed by atoms with Crippen molar-refractivity contribution < 1.29 is 9.84 Å². The van der Waals surface area contributed by atoms with Gasteiger partial charge in [0.2, 0.25) is 0 Å². The number of aliphatic hydroxyl groups is 1. The van der Waals surface area contributed by atoms with Crippen molar-refractivity contribution in [2.24, 2.45) is 5.41 Å². The van der Waals surface area contributed by atoms with Gasteiger partial charge >= 0.3 is 0 Å². The first-order chi connectivity index (χ1) is 5.38. The van der Waals surface area contributed by atoms with Crippen molar-refractivity contribution in [3.8, 4) is 0 Å². The lowest BCUT2D eigenvalue weighted by Gasteiger charge is -2.26. The third-order valence-electron chi connectivity index (χ3n) is 2.11. The Morgan fingerprint density at radius 3 is 2.17 bits per heavy atom. The van der Waals surface area contributed by atoms with Gasteiger partial charge in [0.05, 0.1) is 18.8 Å². The second-order valence-corrected chi connectivity index (χ2v) is 4.43. The second kappa shape index (κ2) is 4.83. The standard InChI is InChI=1S/C10H22O2/c1-6-8(2)12-7-9(11)10(3,4)5/h8-9,11H,6-7H2,1-5H3. The van der Waals surface area contributed by atoms with E-state index in [1.165, 1.54) is 0 Å². The van der Waals surface area contributed by atoms with E-state index < -0.39 is 0 Å². The molecule has 0 bridgehead atoms. The van der Waals surface area contributed by atoms with Crippen LogP contribution in [-0.4, -0.2) is 23.9 Å². The number of aliphatic hydroxyl groups excluding tert-OH is 1. The van der Waals surface area contributed by atoms with Gasteiger partial charge in [0.15, 0.2) is 0 Å². The van der Waals surface area contributed by atoms with Crippen LogP contribution < -0.4 is 0 Å². The van der Waals surface area contributed by atoms with E-state index in [1.54, 1.807) is 0 Å². The van der Waals surface area contributed by atoms with Crippen molar-refractivity contribution in [1.82, 2.24) is 0 Å². The predicted octanol–water partition coefficient (Wildman–Crippen LogP) is 2.21. The summed E-state index contributed by atoms with van der Waals surface area (Å²) in [6.07, 6.45) is 0.880. The lowest BCUT2D eigenvalue weighted by Crippen LogP contribution is -2.32. The van der Waals surface area contributed by atoms with Crippen molar-refractivity contribution in [3.63, 3.8) is 0 Å². The molecular weight excluding hydrogens is 152 g/mol. The molecule has 0 rings (SSSR count). The average Bonchev–Trinajstić information content (AvgIpc) is 1.97. The predicted molar refractivity (Wildman–Crippen MR) is 51.2 cm³/mol. The number of rotatable bonds is 4. The Balaban J connectivity index is 3.64. The molecule has 0 saturated carbocycles. The maximum absolute atomic E-state index is 9.61. The summed E-state index contributed by atoms with van der Waals surface area (Å²) in [7, 11) is 0. The summed E-state index contributed by atoms with van der Waals surface area (Å²) < 4.78 is 5.43. The van der Waals surface area contributed by atoms with E-state index in [-0.39, 0.29) is 17.6 Å². The molecule has 0 aromatic heterocycles. The zero-order chi connectivity index (χ0) is 9.78. The Kier molecular flexibility index (Phi) is 4.80. The molecule has 1 N–H and O–H groups in total. The van der Waals surface area contributed by atoms with Crippen molar-refractivity contribution in [2.45, 2.75) is 53.2 Å². The Morgan fingerprint density at radius 1 is 1.33 bits per heavy atom. The van der Waals surface area contributed by atoms with Gasteiger partial charge in [-0.3, -0.25) is 0 Å². The van der Waals surface area contributed by atoms with E-state index >= 15 is 0 Å². The molecule has 0 aliphatic heterocycles. The fraction of sp³-hybridized carbons (Fsp3) is 1.00. The van der Waals surface area contributed by atoms with Crippen molar-refractivity contribution in [2.75, 3.05) is 6.61 Å². The molecule has 2 atom stereocenters. The molecule has 0 spiro atoms. The van der Waals surface area contributed by atoms with Crippen molar-refractivity contribution >= 4 is 0 Å². The molecule has 0 aliphatic carbocycles. The molecule has 0 aromatic carbocycles. The quantitative estimate of drug-likeness (QED) is 0.708. The molecule has 0 radical (unpaired) electrons. The molecule has 0 aromatic rings. The summed E-state index contributed by atoms with van der Waals surface area (Å²) in [5.41, 5.74) is -0.0759. The van der Waals surface area contributed by atoms with Gasteiger partial charge in [0.1, 0.15) is 0 Å². The highest BCUT2D eigenvalue weighted by Gasteiger charge is 2.22. The highest BCUT2D eigenvalue weighted by atomic mass is 16.5. The van der Waals surface area contributed by atoms with Crippen molar-refractivity contribution in [3.05, 3.63) is 0 Å². The molecule has 0 heterocycles. The SMILES string of the molecule is CCC(C)OCC(O)C(C)(C)C. The zero-order valence-electron chi connectivity index (χ0n) is 8.92. The van der Waals surface area contributed by atoms with Gasteiger partial charge in [-0.15, -0.1) is 0 Å². The first-order valence-corrected chi connectivity index (χ1v) is 4.67. The minimum atomic E-state index is -0.369. The number of hydrogen-bond acceptors (Lipinski definition) is 2. The zero-order valence-corrected chi connectivity index (χ0v) is 8.92. The molecule has 12 heavy (non-hydrogen) atoms. The monoisotopic (exact) mass is 174 g/mol. The summed E-state index contributed by atoms with van der Waals surface area (Å²) in [6, 6.07) is 0. The fourth-order valence-corrected chi connectivity index (χ4v) is 0.623. The Bertz CT molecular complexity index is 115. The molecule has 0 amide bonds.